The highest BCUT2D eigenvalue weighted by atomic mass is 16.5. The minimum absolute atomic E-state index is 0.111. The molecule has 0 fully saturated rings. The minimum atomic E-state index is -1.07. The second-order valence-electron chi connectivity index (χ2n) is 8.89. The first-order chi connectivity index (χ1) is 17.8. The molecule has 37 heavy (non-hydrogen) atoms. The number of carbonyl (C=O) groups is 2. The molecule has 0 spiro atoms. The van der Waals surface area contributed by atoms with Crippen molar-refractivity contribution in [2.24, 2.45) is 5.92 Å². The molecule has 0 aliphatic carbocycles. The molecule has 0 aliphatic heterocycles. The molecule has 0 unspecified atom stereocenters. The topological polar surface area (TPSA) is 113 Å². The SMILES string of the molecule is COc1cccc2c(C(=O)NCC(C)C)c(-c3ccc(/C(C#N)=C/c4ccccc4C(=O)O)cc3)oc12. The van der Waals surface area contributed by atoms with E-state index in [1.165, 1.54) is 6.07 Å². The minimum Gasteiger partial charge on any atom is -0.493 e. The number of hydrogen-bond donors (Lipinski definition) is 2. The van der Waals surface area contributed by atoms with Gasteiger partial charge in [0.2, 0.25) is 0 Å². The maximum atomic E-state index is 13.2. The molecule has 7 nitrogen and oxygen atoms in total. The quantitative estimate of drug-likeness (QED) is 0.221. The Morgan fingerprint density at radius 3 is 2.46 bits per heavy atom. The number of hydrogen-bond acceptors (Lipinski definition) is 5. The van der Waals surface area contributed by atoms with Crippen molar-refractivity contribution < 1.29 is 23.8 Å². The van der Waals surface area contributed by atoms with Crippen LogP contribution in [0, 0.1) is 17.2 Å². The lowest BCUT2D eigenvalue weighted by atomic mass is 9.98. The molecular formula is C30H26N2O5. The van der Waals surface area contributed by atoms with Gasteiger partial charge in [0, 0.05) is 17.5 Å². The highest BCUT2D eigenvalue weighted by molar-refractivity contribution is 6.12. The van der Waals surface area contributed by atoms with Gasteiger partial charge in [-0.2, -0.15) is 5.26 Å². The molecule has 3 aromatic carbocycles. The first-order valence-electron chi connectivity index (χ1n) is 11.8. The molecule has 0 saturated heterocycles. The van der Waals surface area contributed by atoms with Crippen LogP contribution in [0.2, 0.25) is 0 Å². The van der Waals surface area contributed by atoms with E-state index in [2.05, 4.69) is 11.4 Å². The van der Waals surface area contributed by atoms with Crippen LogP contribution in [-0.2, 0) is 0 Å². The number of nitriles is 1. The first-order valence-corrected chi connectivity index (χ1v) is 11.8. The average Bonchev–Trinajstić information content (AvgIpc) is 3.30. The highest BCUT2D eigenvalue weighted by Crippen LogP contribution is 2.38. The molecule has 0 aliphatic rings. The second kappa shape index (κ2) is 10.8. The number of benzene rings is 3. The summed E-state index contributed by atoms with van der Waals surface area (Å²) in [6, 6.07) is 21.1. The Kier molecular flexibility index (Phi) is 7.40. The van der Waals surface area contributed by atoms with Gasteiger partial charge in [-0.15, -0.1) is 0 Å². The van der Waals surface area contributed by atoms with Gasteiger partial charge in [0.05, 0.1) is 29.9 Å². The van der Waals surface area contributed by atoms with E-state index in [0.29, 0.717) is 56.9 Å². The Hall–Kier alpha value is -4.83. The van der Waals surface area contributed by atoms with Crippen LogP contribution < -0.4 is 10.1 Å². The number of furan rings is 1. The van der Waals surface area contributed by atoms with Crippen molar-refractivity contribution in [1.29, 1.82) is 5.26 Å². The van der Waals surface area contributed by atoms with Crippen LogP contribution in [-0.4, -0.2) is 30.6 Å². The van der Waals surface area contributed by atoms with Crippen LogP contribution >= 0.6 is 0 Å². The number of amides is 1. The fraction of sp³-hybridized carbons (Fsp3) is 0.167. The number of carboxylic acids is 1. The van der Waals surface area contributed by atoms with Crippen molar-refractivity contribution in [2.75, 3.05) is 13.7 Å². The number of allylic oxidation sites excluding steroid dienone is 1. The second-order valence-corrected chi connectivity index (χ2v) is 8.89. The maximum Gasteiger partial charge on any atom is 0.336 e. The molecule has 0 atom stereocenters. The Balaban J connectivity index is 1.78. The predicted molar refractivity (Wildman–Crippen MR) is 142 cm³/mol. The molecule has 186 valence electrons. The van der Waals surface area contributed by atoms with E-state index in [1.807, 2.05) is 26.0 Å². The maximum absolute atomic E-state index is 13.2. The van der Waals surface area contributed by atoms with Gasteiger partial charge in [0.1, 0.15) is 5.76 Å². The lowest BCUT2D eigenvalue weighted by Crippen LogP contribution is -2.27. The van der Waals surface area contributed by atoms with Crippen LogP contribution in [0.3, 0.4) is 0 Å². The lowest BCUT2D eigenvalue weighted by molar-refractivity contribution is 0.0696. The summed E-state index contributed by atoms with van der Waals surface area (Å²) in [5, 5.41) is 22.8. The van der Waals surface area contributed by atoms with Crippen molar-refractivity contribution in [3.05, 3.63) is 89.0 Å². The summed E-state index contributed by atoms with van der Waals surface area (Å²) < 4.78 is 11.6. The predicted octanol–water partition coefficient (Wildman–Crippen LogP) is 6.26. The van der Waals surface area contributed by atoms with Crippen LogP contribution in [0.25, 0.3) is 33.9 Å². The van der Waals surface area contributed by atoms with Gasteiger partial charge in [-0.1, -0.05) is 68.4 Å². The normalized spacial score (nSPS) is 11.4. The van der Waals surface area contributed by atoms with Crippen molar-refractivity contribution in [2.45, 2.75) is 13.8 Å². The Bertz CT molecular complexity index is 1540. The number of methoxy groups -OCH3 is 1. The lowest BCUT2D eigenvalue weighted by Gasteiger charge is -2.09. The van der Waals surface area contributed by atoms with Gasteiger partial charge in [0.25, 0.3) is 5.91 Å². The summed E-state index contributed by atoms with van der Waals surface area (Å²) in [5.74, 6) is -0.122. The van der Waals surface area contributed by atoms with Gasteiger partial charge in [-0.3, -0.25) is 4.79 Å². The van der Waals surface area contributed by atoms with Crippen molar-refractivity contribution in [3.63, 3.8) is 0 Å². The zero-order valence-corrected chi connectivity index (χ0v) is 20.7. The number of carboxylic acid groups (broad SMARTS) is 1. The molecule has 0 bridgehead atoms. The first kappa shape index (κ1) is 25.3. The van der Waals surface area contributed by atoms with Crippen LogP contribution in [0.5, 0.6) is 5.75 Å². The van der Waals surface area contributed by atoms with Gasteiger partial charge < -0.3 is 19.6 Å². The molecule has 1 heterocycles. The van der Waals surface area contributed by atoms with Crippen molar-refractivity contribution >= 4 is 34.5 Å². The van der Waals surface area contributed by atoms with Crippen molar-refractivity contribution in [3.8, 4) is 23.1 Å². The fourth-order valence-electron chi connectivity index (χ4n) is 4.02. The van der Waals surface area contributed by atoms with E-state index >= 15 is 0 Å². The number of nitrogens with one attached hydrogen (secondary N) is 1. The average molecular weight is 495 g/mol. The Morgan fingerprint density at radius 2 is 1.81 bits per heavy atom. The molecular weight excluding hydrogens is 468 g/mol. The summed E-state index contributed by atoms with van der Waals surface area (Å²) in [4.78, 5) is 24.8. The molecule has 1 amide bonds. The number of aromatic carboxylic acids is 1. The smallest absolute Gasteiger partial charge is 0.336 e. The third kappa shape index (κ3) is 5.24. The number of para-hydroxylation sites is 1. The summed E-state index contributed by atoms with van der Waals surface area (Å²) in [7, 11) is 1.54. The molecule has 0 radical (unpaired) electrons. The van der Waals surface area contributed by atoms with E-state index in [0.717, 1.165) is 0 Å². The van der Waals surface area contributed by atoms with Crippen LogP contribution in [0.15, 0.2) is 71.1 Å². The zero-order valence-electron chi connectivity index (χ0n) is 20.7. The summed E-state index contributed by atoms with van der Waals surface area (Å²) in [6.07, 6.45) is 1.55. The monoisotopic (exact) mass is 494 g/mol. The molecule has 2 N–H and O–H groups in total. The molecule has 0 saturated carbocycles. The summed E-state index contributed by atoms with van der Waals surface area (Å²) in [5.41, 5.74) is 2.99. The molecule has 1 aromatic heterocycles. The zero-order chi connectivity index (χ0) is 26.5. The number of ether oxygens (including phenoxy) is 1. The number of rotatable bonds is 8. The number of nitrogens with zero attached hydrogens (tertiary/aromatic N) is 1. The molecule has 4 rings (SSSR count). The van der Waals surface area contributed by atoms with E-state index in [1.54, 1.807) is 61.7 Å². The molecule has 7 heteroatoms. The third-order valence-corrected chi connectivity index (χ3v) is 5.87. The van der Waals surface area contributed by atoms with E-state index in [-0.39, 0.29) is 17.4 Å². The van der Waals surface area contributed by atoms with Crippen LogP contribution in [0.4, 0.5) is 0 Å². The van der Waals surface area contributed by atoms with E-state index < -0.39 is 5.97 Å². The standard InChI is InChI=1S/C30H26N2O5/c1-18(2)17-32-29(33)26-24-9-6-10-25(36-3)28(24)37-27(26)20-13-11-19(12-14-20)22(16-31)15-21-7-4-5-8-23(21)30(34)35/h4-15,18H,17H2,1-3H3,(H,32,33)(H,34,35)/b22-15+. The van der Waals surface area contributed by atoms with Crippen LogP contribution in [0.1, 0.15) is 45.7 Å². The van der Waals surface area contributed by atoms with Gasteiger partial charge in [-0.25, -0.2) is 4.79 Å². The van der Waals surface area contributed by atoms with Gasteiger partial charge >= 0.3 is 5.97 Å². The van der Waals surface area contributed by atoms with Gasteiger partial charge in [-0.05, 0) is 35.3 Å². The Morgan fingerprint density at radius 1 is 1.08 bits per heavy atom. The Labute approximate surface area is 214 Å². The fourth-order valence-corrected chi connectivity index (χ4v) is 4.02. The molecule has 4 aromatic rings. The largest absolute Gasteiger partial charge is 0.493 e. The summed E-state index contributed by atoms with van der Waals surface area (Å²) in [6.45, 7) is 4.55. The van der Waals surface area contributed by atoms with E-state index in [9.17, 15) is 20.0 Å². The van der Waals surface area contributed by atoms with Gasteiger partial charge in [0.15, 0.2) is 11.3 Å². The number of carbonyl (C=O) groups excluding carboxylic acids is 1. The third-order valence-electron chi connectivity index (χ3n) is 5.87. The van der Waals surface area contributed by atoms with E-state index in [4.69, 9.17) is 9.15 Å². The van der Waals surface area contributed by atoms with Crippen molar-refractivity contribution in [1.82, 2.24) is 5.32 Å². The highest BCUT2D eigenvalue weighted by Gasteiger charge is 2.24. The number of fused-ring (bicyclic) bond motifs is 1. The summed E-state index contributed by atoms with van der Waals surface area (Å²) >= 11 is 0.